The lowest BCUT2D eigenvalue weighted by atomic mass is 10.1. The molecule has 0 saturated carbocycles. The second-order valence-corrected chi connectivity index (χ2v) is 5.05. The SMILES string of the molecule is COc1ccc(N2CCCC2)c(-c2cc(C(=O)O)[nH]n2)c1. The molecule has 2 aromatic rings. The third-order valence-corrected chi connectivity index (χ3v) is 3.73. The molecule has 21 heavy (non-hydrogen) atoms. The quantitative estimate of drug-likeness (QED) is 0.902. The summed E-state index contributed by atoms with van der Waals surface area (Å²) in [5.74, 6) is -0.285. The number of nitrogens with zero attached hydrogens (tertiary/aromatic N) is 2. The molecule has 2 N–H and O–H groups in total. The predicted molar refractivity (Wildman–Crippen MR) is 79.0 cm³/mol. The number of nitrogens with one attached hydrogen (secondary N) is 1. The van der Waals surface area contributed by atoms with E-state index >= 15 is 0 Å². The molecule has 0 spiro atoms. The molecule has 110 valence electrons. The molecule has 1 aromatic heterocycles. The Labute approximate surface area is 122 Å². The van der Waals surface area contributed by atoms with Crippen LogP contribution in [0.5, 0.6) is 5.75 Å². The maximum absolute atomic E-state index is 11.0. The summed E-state index contributed by atoms with van der Waals surface area (Å²) in [6.45, 7) is 2.02. The maximum atomic E-state index is 11.0. The number of anilines is 1. The van der Waals surface area contributed by atoms with Gasteiger partial charge in [0.1, 0.15) is 11.4 Å². The third kappa shape index (κ3) is 2.56. The minimum atomic E-state index is -1.01. The maximum Gasteiger partial charge on any atom is 0.353 e. The Balaban J connectivity index is 2.06. The summed E-state index contributed by atoms with van der Waals surface area (Å²) >= 11 is 0. The molecule has 1 aromatic carbocycles. The molecule has 0 radical (unpaired) electrons. The van der Waals surface area contributed by atoms with Gasteiger partial charge < -0.3 is 14.7 Å². The molecular weight excluding hydrogens is 270 g/mol. The number of aromatic carboxylic acids is 1. The van der Waals surface area contributed by atoms with Gasteiger partial charge in [-0.2, -0.15) is 5.10 Å². The molecule has 1 aliphatic heterocycles. The number of carbonyl (C=O) groups is 1. The van der Waals surface area contributed by atoms with Gasteiger partial charge in [0, 0.05) is 24.3 Å². The van der Waals surface area contributed by atoms with Crippen molar-refractivity contribution in [3.8, 4) is 17.0 Å². The van der Waals surface area contributed by atoms with Crippen LogP contribution in [0.25, 0.3) is 11.3 Å². The van der Waals surface area contributed by atoms with E-state index in [1.54, 1.807) is 13.2 Å². The van der Waals surface area contributed by atoms with Crippen molar-refractivity contribution in [2.45, 2.75) is 12.8 Å². The van der Waals surface area contributed by atoms with Crippen LogP contribution in [0.4, 0.5) is 5.69 Å². The Morgan fingerprint density at radius 2 is 2.10 bits per heavy atom. The van der Waals surface area contributed by atoms with Crippen molar-refractivity contribution in [1.29, 1.82) is 0 Å². The molecule has 6 heteroatoms. The fourth-order valence-electron chi connectivity index (χ4n) is 2.65. The number of hydrogen-bond donors (Lipinski definition) is 2. The van der Waals surface area contributed by atoms with E-state index < -0.39 is 5.97 Å². The van der Waals surface area contributed by atoms with Crippen LogP contribution in [-0.4, -0.2) is 41.5 Å². The number of carboxylic acid groups (broad SMARTS) is 1. The van der Waals surface area contributed by atoms with Crippen molar-refractivity contribution in [3.05, 3.63) is 30.0 Å². The van der Waals surface area contributed by atoms with Crippen molar-refractivity contribution in [3.63, 3.8) is 0 Å². The first-order valence-electron chi connectivity index (χ1n) is 6.91. The van der Waals surface area contributed by atoms with Gasteiger partial charge >= 0.3 is 5.97 Å². The normalized spacial score (nSPS) is 14.4. The highest BCUT2D eigenvalue weighted by atomic mass is 16.5. The number of aromatic amines is 1. The molecule has 0 amide bonds. The summed E-state index contributed by atoms with van der Waals surface area (Å²) < 4.78 is 5.28. The molecule has 2 heterocycles. The van der Waals surface area contributed by atoms with Gasteiger partial charge in [-0.3, -0.25) is 5.10 Å². The molecule has 0 atom stereocenters. The van der Waals surface area contributed by atoms with Crippen LogP contribution >= 0.6 is 0 Å². The Hall–Kier alpha value is -2.50. The Bertz CT molecular complexity index is 660. The van der Waals surface area contributed by atoms with Gasteiger partial charge in [0.15, 0.2) is 0 Å². The van der Waals surface area contributed by atoms with Crippen molar-refractivity contribution < 1.29 is 14.6 Å². The van der Waals surface area contributed by atoms with E-state index in [-0.39, 0.29) is 5.69 Å². The molecule has 6 nitrogen and oxygen atoms in total. The summed E-state index contributed by atoms with van der Waals surface area (Å²) in [4.78, 5) is 13.3. The van der Waals surface area contributed by atoms with E-state index in [4.69, 9.17) is 9.84 Å². The Morgan fingerprint density at radius 1 is 1.33 bits per heavy atom. The van der Waals surface area contributed by atoms with E-state index in [0.717, 1.165) is 30.1 Å². The first-order valence-corrected chi connectivity index (χ1v) is 6.91. The van der Waals surface area contributed by atoms with E-state index in [0.29, 0.717) is 5.69 Å². The number of methoxy groups -OCH3 is 1. The molecule has 0 unspecified atom stereocenters. The zero-order valence-corrected chi connectivity index (χ0v) is 11.8. The van der Waals surface area contributed by atoms with Crippen LogP contribution < -0.4 is 9.64 Å². The van der Waals surface area contributed by atoms with Gasteiger partial charge in [-0.15, -0.1) is 0 Å². The van der Waals surface area contributed by atoms with Gasteiger partial charge in [0.05, 0.1) is 12.8 Å². The number of rotatable bonds is 4. The summed E-state index contributed by atoms with van der Waals surface area (Å²) in [5.41, 5.74) is 2.66. The van der Waals surface area contributed by atoms with E-state index in [9.17, 15) is 4.79 Å². The van der Waals surface area contributed by atoms with Crippen LogP contribution in [0.2, 0.25) is 0 Å². The van der Waals surface area contributed by atoms with Gasteiger partial charge in [0.25, 0.3) is 0 Å². The first kappa shape index (κ1) is 13.5. The van der Waals surface area contributed by atoms with Crippen LogP contribution in [0.3, 0.4) is 0 Å². The van der Waals surface area contributed by atoms with Gasteiger partial charge in [0.2, 0.25) is 0 Å². The molecule has 1 aliphatic rings. The summed E-state index contributed by atoms with van der Waals surface area (Å²) in [6, 6.07) is 7.38. The number of benzene rings is 1. The highest BCUT2D eigenvalue weighted by Gasteiger charge is 2.19. The minimum absolute atomic E-state index is 0.0835. The Kier molecular flexibility index (Phi) is 3.51. The average Bonchev–Trinajstić information content (AvgIpc) is 3.18. The average molecular weight is 287 g/mol. The third-order valence-electron chi connectivity index (χ3n) is 3.73. The van der Waals surface area contributed by atoms with Crippen LogP contribution in [0, 0.1) is 0 Å². The molecule has 0 aliphatic carbocycles. The second kappa shape index (κ2) is 5.47. The molecule has 1 fully saturated rings. The zero-order valence-electron chi connectivity index (χ0n) is 11.8. The predicted octanol–water partition coefficient (Wildman–Crippen LogP) is 2.38. The van der Waals surface area contributed by atoms with Crippen molar-refractivity contribution in [1.82, 2.24) is 10.2 Å². The van der Waals surface area contributed by atoms with Crippen LogP contribution in [0.15, 0.2) is 24.3 Å². The topological polar surface area (TPSA) is 78.5 Å². The summed E-state index contributed by atoms with van der Waals surface area (Å²) in [5, 5.41) is 15.7. The van der Waals surface area contributed by atoms with Gasteiger partial charge in [-0.25, -0.2) is 4.79 Å². The standard InChI is InChI=1S/C15H17N3O3/c1-21-10-4-5-14(18-6-2-3-7-18)11(8-10)12-9-13(15(19)20)17-16-12/h4-5,8-9H,2-3,6-7H2,1H3,(H,16,17)(H,19,20). The van der Waals surface area contributed by atoms with Gasteiger partial charge in [-0.05, 0) is 37.1 Å². The lowest BCUT2D eigenvalue weighted by molar-refractivity contribution is 0.0690. The number of carboxylic acids is 1. The number of aromatic nitrogens is 2. The summed E-state index contributed by atoms with van der Waals surface area (Å²) in [6.07, 6.45) is 2.35. The van der Waals surface area contributed by atoms with E-state index in [1.807, 2.05) is 18.2 Å². The molecule has 0 bridgehead atoms. The van der Waals surface area contributed by atoms with Crippen molar-refractivity contribution in [2.24, 2.45) is 0 Å². The van der Waals surface area contributed by atoms with Crippen molar-refractivity contribution >= 4 is 11.7 Å². The van der Waals surface area contributed by atoms with Crippen LogP contribution in [-0.2, 0) is 0 Å². The van der Waals surface area contributed by atoms with E-state index in [2.05, 4.69) is 15.1 Å². The lowest BCUT2D eigenvalue weighted by Gasteiger charge is -2.21. The monoisotopic (exact) mass is 287 g/mol. The highest BCUT2D eigenvalue weighted by molar-refractivity contribution is 5.88. The fourth-order valence-corrected chi connectivity index (χ4v) is 2.65. The fraction of sp³-hybridized carbons (Fsp3) is 0.333. The molecular formula is C15H17N3O3. The summed E-state index contributed by atoms with van der Waals surface area (Å²) in [7, 11) is 1.61. The zero-order chi connectivity index (χ0) is 14.8. The smallest absolute Gasteiger partial charge is 0.353 e. The lowest BCUT2D eigenvalue weighted by Crippen LogP contribution is -2.18. The van der Waals surface area contributed by atoms with Crippen LogP contribution in [0.1, 0.15) is 23.3 Å². The minimum Gasteiger partial charge on any atom is -0.497 e. The van der Waals surface area contributed by atoms with E-state index in [1.165, 1.54) is 12.8 Å². The first-order chi connectivity index (χ1) is 10.2. The Morgan fingerprint density at radius 3 is 2.71 bits per heavy atom. The molecule has 1 saturated heterocycles. The largest absolute Gasteiger partial charge is 0.497 e. The van der Waals surface area contributed by atoms with Gasteiger partial charge in [-0.1, -0.05) is 0 Å². The second-order valence-electron chi connectivity index (χ2n) is 5.05. The number of ether oxygens (including phenoxy) is 1. The number of H-pyrrole nitrogens is 1. The molecule has 3 rings (SSSR count). The van der Waals surface area contributed by atoms with Crippen molar-refractivity contribution in [2.75, 3.05) is 25.1 Å². The highest BCUT2D eigenvalue weighted by Crippen LogP contribution is 2.35. The number of hydrogen-bond acceptors (Lipinski definition) is 4.